The maximum absolute atomic E-state index is 10.6. The summed E-state index contributed by atoms with van der Waals surface area (Å²) in [5, 5.41) is 18.6. The first kappa shape index (κ1) is 13.6. The van der Waals surface area contributed by atoms with E-state index in [9.17, 15) is 10.1 Å². The van der Waals surface area contributed by atoms with Crippen LogP contribution in [0.4, 0.5) is 11.4 Å². The molecule has 0 spiro atoms. The maximum Gasteiger partial charge on any atom is 0.269 e. The molecule has 108 valence electrons. The molecule has 0 fully saturated rings. The van der Waals surface area contributed by atoms with E-state index in [2.05, 4.69) is 15.3 Å². The molecular weight excluding hydrogens is 282 g/mol. The van der Waals surface area contributed by atoms with Crippen LogP contribution in [0.5, 0.6) is 0 Å². The normalized spacial score (nSPS) is 10.9. The monoisotopic (exact) mass is 293 g/mol. The molecule has 0 radical (unpaired) electrons. The van der Waals surface area contributed by atoms with Crippen LogP contribution in [0.2, 0.25) is 0 Å². The SMILES string of the molecule is O=[N+]([O-])c1ccc(N=Cc2cn(-c3ccccc3)nn2)cc1. The van der Waals surface area contributed by atoms with E-state index in [1.807, 2.05) is 30.3 Å². The fraction of sp³-hybridized carbons (Fsp3) is 0. The lowest BCUT2D eigenvalue weighted by Crippen LogP contribution is -1.93. The number of rotatable bonds is 4. The standard InChI is InChI=1S/C15H11N5O2/c21-20(22)15-8-6-12(7-9-15)16-10-13-11-19(18-17-13)14-4-2-1-3-5-14/h1-11H. The third-order valence-corrected chi connectivity index (χ3v) is 2.94. The van der Waals surface area contributed by atoms with Gasteiger partial charge in [0.05, 0.1) is 28.7 Å². The van der Waals surface area contributed by atoms with Gasteiger partial charge in [-0.05, 0) is 24.3 Å². The molecule has 2 aromatic carbocycles. The number of hydrogen-bond acceptors (Lipinski definition) is 5. The van der Waals surface area contributed by atoms with Crippen LogP contribution in [0.25, 0.3) is 5.69 Å². The van der Waals surface area contributed by atoms with Gasteiger partial charge in [0.25, 0.3) is 5.69 Å². The average molecular weight is 293 g/mol. The molecule has 0 amide bonds. The Hall–Kier alpha value is -3.35. The molecule has 0 saturated heterocycles. The largest absolute Gasteiger partial charge is 0.269 e. The van der Waals surface area contributed by atoms with Gasteiger partial charge in [-0.2, -0.15) is 0 Å². The molecule has 0 unspecified atom stereocenters. The van der Waals surface area contributed by atoms with Crippen molar-refractivity contribution in [2.24, 2.45) is 4.99 Å². The van der Waals surface area contributed by atoms with Gasteiger partial charge in [-0.25, -0.2) is 4.68 Å². The molecule has 1 heterocycles. The van der Waals surface area contributed by atoms with Crippen LogP contribution in [0.3, 0.4) is 0 Å². The van der Waals surface area contributed by atoms with Crippen molar-refractivity contribution >= 4 is 17.6 Å². The summed E-state index contributed by atoms with van der Waals surface area (Å²) < 4.78 is 1.65. The van der Waals surface area contributed by atoms with E-state index in [-0.39, 0.29) is 5.69 Å². The summed E-state index contributed by atoms with van der Waals surface area (Å²) in [6, 6.07) is 15.6. The van der Waals surface area contributed by atoms with Gasteiger partial charge in [0.15, 0.2) is 0 Å². The quantitative estimate of drug-likeness (QED) is 0.420. The molecule has 22 heavy (non-hydrogen) atoms. The minimum absolute atomic E-state index is 0.0361. The van der Waals surface area contributed by atoms with Gasteiger partial charge in [-0.15, -0.1) is 5.10 Å². The van der Waals surface area contributed by atoms with Gasteiger partial charge >= 0.3 is 0 Å². The van der Waals surface area contributed by atoms with E-state index < -0.39 is 4.92 Å². The summed E-state index contributed by atoms with van der Waals surface area (Å²) in [7, 11) is 0. The Morgan fingerprint density at radius 1 is 1.09 bits per heavy atom. The van der Waals surface area contributed by atoms with Gasteiger partial charge < -0.3 is 0 Å². The van der Waals surface area contributed by atoms with Crippen LogP contribution < -0.4 is 0 Å². The predicted molar refractivity (Wildman–Crippen MR) is 81.7 cm³/mol. The molecule has 1 aromatic heterocycles. The van der Waals surface area contributed by atoms with Crippen molar-refractivity contribution in [3.8, 4) is 5.69 Å². The second-order valence-corrected chi connectivity index (χ2v) is 4.46. The van der Waals surface area contributed by atoms with E-state index >= 15 is 0 Å². The van der Waals surface area contributed by atoms with Gasteiger partial charge in [-0.3, -0.25) is 15.1 Å². The maximum atomic E-state index is 10.6. The number of nitro benzene ring substituents is 1. The third-order valence-electron chi connectivity index (χ3n) is 2.94. The summed E-state index contributed by atoms with van der Waals surface area (Å²) in [4.78, 5) is 14.4. The highest BCUT2D eigenvalue weighted by Gasteiger charge is 2.03. The van der Waals surface area contributed by atoms with Crippen molar-refractivity contribution in [3.63, 3.8) is 0 Å². The zero-order valence-corrected chi connectivity index (χ0v) is 11.4. The molecule has 7 nitrogen and oxygen atoms in total. The first-order valence-electron chi connectivity index (χ1n) is 6.49. The molecule has 0 aliphatic rings. The van der Waals surface area contributed by atoms with Crippen molar-refractivity contribution in [1.29, 1.82) is 0 Å². The van der Waals surface area contributed by atoms with E-state index in [1.165, 1.54) is 12.1 Å². The first-order chi connectivity index (χ1) is 10.7. The zero-order valence-electron chi connectivity index (χ0n) is 11.4. The fourth-order valence-corrected chi connectivity index (χ4v) is 1.84. The number of nitro groups is 1. The van der Waals surface area contributed by atoms with Crippen LogP contribution >= 0.6 is 0 Å². The Balaban J connectivity index is 1.76. The van der Waals surface area contributed by atoms with Crippen molar-refractivity contribution < 1.29 is 4.92 Å². The topological polar surface area (TPSA) is 86.2 Å². The van der Waals surface area contributed by atoms with Crippen molar-refractivity contribution in [2.45, 2.75) is 0 Å². The number of para-hydroxylation sites is 1. The molecule has 7 heteroatoms. The highest BCUT2D eigenvalue weighted by molar-refractivity contribution is 5.79. The second-order valence-electron chi connectivity index (χ2n) is 4.46. The third kappa shape index (κ3) is 3.04. The summed E-state index contributed by atoms with van der Waals surface area (Å²) in [6.07, 6.45) is 3.32. The van der Waals surface area contributed by atoms with Crippen LogP contribution in [-0.4, -0.2) is 26.1 Å². The average Bonchev–Trinajstić information content (AvgIpc) is 3.03. The summed E-state index contributed by atoms with van der Waals surface area (Å²) in [5.74, 6) is 0. The van der Waals surface area contributed by atoms with Crippen molar-refractivity contribution in [2.75, 3.05) is 0 Å². The Morgan fingerprint density at radius 3 is 2.50 bits per heavy atom. The summed E-state index contributed by atoms with van der Waals surface area (Å²) in [6.45, 7) is 0. The number of aliphatic imine (C=N–C) groups is 1. The Labute approximate surface area is 125 Å². The molecular formula is C15H11N5O2. The fourth-order valence-electron chi connectivity index (χ4n) is 1.84. The number of non-ortho nitro benzene ring substituents is 1. The number of hydrogen-bond donors (Lipinski definition) is 0. The van der Waals surface area contributed by atoms with Crippen LogP contribution in [0.1, 0.15) is 5.69 Å². The molecule has 0 N–H and O–H groups in total. The van der Waals surface area contributed by atoms with Gasteiger partial charge in [0.1, 0.15) is 5.69 Å². The van der Waals surface area contributed by atoms with Gasteiger partial charge in [-0.1, -0.05) is 23.4 Å². The van der Waals surface area contributed by atoms with E-state index in [0.29, 0.717) is 11.4 Å². The van der Waals surface area contributed by atoms with E-state index in [4.69, 9.17) is 0 Å². The second kappa shape index (κ2) is 5.96. The molecule has 3 rings (SSSR count). The highest BCUT2D eigenvalue weighted by atomic mass is 16.6. The summed E-state index contributed by atoms with van der Waals surface area (Å²) in [5.41, 5.74) is 2.15. The number of nitrogens with zero attached hydrogens (tertiary/aromatic N) is 5. The van der Waals surface area contributed by atoms with Crippen LogP contribution in [0.15, 0.2) is 65.8 Å². The van der Waals surface area contributed by atoms with E-state index in [1.54, 1.807) is 29.2 Å². The Bertz CT molecular complexity index is 809. The lowest BCUT2D eigenvalue weighted by atomic mass is 10.3. The minimum atomic E-state index is -0.445. The highest BCUT2D eigenvalue weighted by Crippen LogP contribution is 2.17. The van der Waals surface area contributed by atoms with Crippen LogP contribution in [-0.2, 0) is 0 Å². The molecule has 0 aliphatic heterocycles. The van der Waals surface area contributed by atoms with Gasteiger partial charge in [0, 0.05) is 12.1 Å². The first-order valence-corrected chi connectivity index (χ1v) is 6.49. The predicted octanol–water partition coefficient (Wildman–Crippen LogP) is 2.93. The minimum Gasteiger partial charge on any atom is -0.258 e. The lowest BCUT2D eigenvalue weighted by molar-refractivity contribution is -0.384. The smallest absolute Gasteiger partial charge is 0.258 e. The van der Waals surface area contributed by atoms with Crippen LogP contribution in [0, 0.1) is 10.1 Å². The summed E-state index contributed by atoms with van der Waals surface area (Å²) >= 11 is 0. The number of benzene rings is 2. The Morgan fingerprint density at radius 2 is 1.82 bits per heavy atom. The molecule has 3 aromatic rings. The molecule has 0 atom stereocenters. The lowest BCUT2D eigenvalue weighted by Gasteiger charge is -1.96. The van der Waals surface area contributed by atoms with Crippen molar-refractivity contribution in [3.05, 3.63) is 76.6 Å². The Kier molecular flexibility index (Phi) is 3.69. The van der Waals surface area contributed by atoms with E-state index in [0.717, 1.165) is 5.69 Å². The molecule has 0 saturated carbocycles. The zero-order chi connectivity index (χ0) is 15.4. The van der Waals surface area contributed by atoms with Gasteiger partial charge in [0.2, 0.25) is 0 Å². The van der Waals surface area contributed by atoms with Crippen molar-refractivity contribution in [1.82, 2.24) is 15.0 Å². The molecule has 0 aliphatic carbocycles. The molecule has 0 bridgehead atoms. The number of aromatic nitrogens is 3.